The number of pyridine rings is 1. The van der Waals surface area contributed by atoms with Gasteiger partial charge < -0.3 is 0 Å². The maximum Gasteiger partial charge on any atom is 0.242 e. The topological polar surface area (TPSA) is 82.8 Å². The molecule has 1 aromatic rings. The molecule has 1 atom stereocenters. The van der Waals surface area contributed by atoms with Crippen LogP contribution in [0, 0.1) is 11.3 Å². The van der Waals surface area contributed by atoms with E-state index in [0.717, 1.165) is 18.6 Å². The molecule has 0 spiro atoms. The Labute approximate surface area is 117 Å². The lowest BCUT2D eigenvalue weighted by atomic mass is 10.2. The van der Waals surface area contributed by atoms with Crippen molar-refractivity contribution >= 4 is 21.8 Å². The SMILES string of the molecule is N#Cc1ccc(S(=O)(=O)NCC2CCCCS2)cn1. The van der Waals surface area contributed by atoms with E-state index in [2.05, 4.69) is 9.71 Å². The lowest BCUT2D eigenvalue weighted by Gasteiger charge is -2.21. The Hall–Kier alpha value is -1.10. The van der Waals surface area contributed by atoms with Crippen molar-refractivity contribution < 1.29 is 8.42 Å². The quantitative estimate of drug-likeness (QED) is 0.911. The van der Waals surface area contributed by atoms with Gasteiger partial charge in [0.2, 0.25) is 10.0 Å². The van der Waals surface area contributed by atoms with Gasteiger partial charge in [-0.3, -0.25) is 0 Å². The Balaban J connectivity index is 1.99. The van der Waals surface area contributed by atoms with E-state index in [9.17, 15) is 8.42 Å². The van der Waals surface area contributed by atoms with Gasteiger partial charge in [0.25, 0.3) is 0 Å². The number of sulfonamides is 1. The third-order valence-corrected chi connectivity index (χ3v) is 5.74. The molecule has 1 fully saturated rings. The zero-order chi connectivity index (χ0) is 13.7. The number of rotatable bonds is 4. The van der Waals surface area contributed by atoms with Crippen LogP contribution in [0.4, 0.5) is 0 Å². The summed E-state index contributed by atoms with van der Waals surface area (Å²) < 4.78 is 26.7. The van der Waals surface area contributed by atoms with Gasteiger partial charge >= 0.3 is 0 Å². The van der Waals surface area contributed by atoms with Gasteiger partial charge in [-0.2, -0.15) is 17.0 Å². The molecule has 1 aliphatic rings. The van der Waals surface area contributed by atoms with Crippen LogP contribution < -0.4 is 4.72 Å². The van der Waals surface area contributed by atoms with Crippen LogP contribution in [0.3, 0.4) is 0 Å². The second-order valence-corrected chi connectivity index (χ2v) is 7.51. The molecule has 1 aliphatic heterocycles. The molecule has 0 aromatic carbocycles. The van der Waals surface area contributed by atoms with Crippen LogP contribution in [0.5, 0.6) is 0 Å². The van der Waals surface area contributed by atoms with Crippen molar-refractivity contribution in [3.63, 3.8) is 0 Å². The van der Waals surface area contributed by atoms with E-state index in [1.807, 2.05) is 17.8 Å². The van der Waals surface area contributed by atoms with Crippen LogP contribution in [-0.4, -0.2) is 30.9 Å². The number of nitrogens with one attached hydrogen (secondary N) is 1. The zero-order valence-corrected chi connectivity index (χ0v) is 12.0. The predicted molar refractivity (Wildman–Crippen MR) is 74.2 cm³/mol. The van der Waals surface area contributed by atoms with Crippen molar-refractivity contribution in [3.8, 4) is 6.07 Å². The van der Waals surface area contributed by atoms with Crippen LogP contribution in [0.2, 0.25) is 0 Å². The highest BCUT2D eigenvalue weighted by molar-refractivity contribution is 8.00. The number of aromatic nitrogens is 1. The van der Waals surface area contributed by atoms with Gasteiger partial charge in [0.05, 0.1) is 0 Å². The average Bonchev–Trinajstić information content (AvgIpc) is 2.46. The standard InChI is InChI=1S/C12H15N3O2S2/c13-7-10-4-5-12(9-14-10)19(16,17)15-8-11-3-1-2-6-18-11/h4-5,9,11,15H,1-3,6,8H2. The summed E-state index contributed by atoms with van der Waals surface area (Å²) in [6.07, 6.45) is 4.65. The molecule has 0 saturated carbocycles. The van der Waals surface area contributed by atoms with Crippen LogP contribution >= 0.6 is 11.8 Å². The van der Waals surface area contributed by atoms with Crippen molar-refractivity contribution in [2.75, 3.05) is 12.3 Å². The molecule has 1 aromatic heterocycles. The minimum absolute atomic E-state index is 0.104. The molecule has 19 heavy (non-hydrogen) atoms. The fraction of sp³-hybridized carbons (Fsp3) is 0.500. The van der Waals surface area contributed by atoms with Crippen LogP contribution in [0.15, 0.2) is 23.2 Å². The average molecular weight is 297 g/mol. The monoisotopic (exact) mass is 297 g/mol. The van der Waals surface area contributed by atoms with Gasteiger partial charge in [-0.25, -0.2) is 18.1 Å². The first kappa shape index (κ1) is 14.3. The first-order chi connectivity index (χ1) is 9.12. The Bertz CT molecular complexity index is 558. The molecule has 2 rings (SSSR count). The van der Waals surface area contributed by atoms with E-state index in [1.54, 1.807) is 0 Å². The molecule has 102 valence electrons. The molecule has 1 saturated heterocycles. The number of nitrogens with zero attached hydrogens (tertiary/aromatic N) is 2. The van der Waals surface area contributed by atoms with Gasteiger partial charge in [0.1, 0.15) is 16.7 Å². The Morgan fingerprint density at radius 1 is 1.47 bits per heavy atom. The molecule has 2 heterocycles. The van der Waals surface area contributed by atoms with Crippen molar-refractivity contribution in [1.82, 2.24) is 9.71 Å². The summed E-state index contributed by atoms with van der Waals surface area (Å²) in [6.45, 7) is 0.451. The third kappa shape index (κ3) is 3.93. The Kier molecular flexibility index (Phi) is 4.80. The fourth-order valence-corrected chi connectivity index (χ4v) is 4.23. The highest BCUT2D eigenvalue weighted by atomic mass is 32.2. The molecular weight excluding hydrogens is 282 g/mol. The van der Waals surface area contributed by atoms with E-state index in [4.69, 9.17) is 5.26 Å². The number of nitriles is 1. The van der Waals surface area contributed by atoms with Crippen LogP contribution in [0.25, 0.3) is 0 Å². The van der Waals surface area contributed by atoms with Crippen molar-refractivity contribution in [2.24, 2.45) is 0 Å². The molecule has 0 radical (unpaired) electrons. The summed E-state index contributed by atoms with van der Waals surface area (Å²) in [5.41, 5.74) is 0.210. The molecule has 7 heteroatoms. The van der Waals surface area contributed by atoms with E-state index >= 15 is 0 Å². The summed E-state index contributed by atoms with van der Waals surface area (Å²) in [5.74, 6) is 1.10. The lowest BCUT2D eigenvalue weighted by molar-refractivity contribution is 0.573. The van der Waals surface area contributed by atoms with Gasteiger partial charge in [-0.05, 0) is 30.7 Å². The molecule has 0 bridgehead atoms. The normalized spacial score (nSPS) is 19.8. The number of hydrogen-bond donors (Lipinski definition) is 1. The fourth-order valence-electron chi connectivity index (χ4n) is 1.86. The van der Waals surface area contributed by atoms with Crippen LogP contribution in [0.1, 0.15) is 25.0 Å². The molecule has 1 N–H and O–H groups in total. The van der Waals surface area contributed by atoms with E-state index in [-0.39, 0.29) is 10.6 Å². The second-order valence-electron chi connectivity index (χ2n) is 4.33. The summed E-state index contributed by atoms with van der Waals surface area (Å²) in [5, 5.41) is 8.98. The van der Waals surface area contributed by atoms with Crippen molar-refractivity contribution in [1.29, 1.82) is 5.26 Å². The summed E-state index contributed by atoms with van der Waals surface area (Å²) in [4.78, 5) is 3.88. The Morgan fingerprint density at radius 3 is 2.89 bits per heavy atom. The van der Waals surface area contributed by atoms with E-state index < -0.39 is 10.0 Å². The molecule has 1 unspecified atom stereocenters. The summed E-state index contributed by atoms with van der Waals surface area (Å²) in [7, 11) is -3.52. The van der Waals surface area contributed by atoms with Gasteiger partial charge in [0, 0.05) is 18.0 Å². The number of hydrogen-bond acceptors (Lipinski definition) is 5. The molecule has 0 aliphatic carbocycles. The van der Waals surface area contributed by atoms with Gasteiger partial charge in [0.15, 0.2) is 0 Å². The van der Waals surface area contributed by atoms with E-state index in [0.29, 0.717) is 11.8 Å². The minimum Gasteiger partial charge on any atom is -0.244 e. The Morgan fingerprint density at radius 2 is 2.32 bits per heavy atom. The largest absolute Gasteiger partial charge is 0.244 e. The van der Waals surface area contributed by atoms with Crippen molar-refractivity contribution in [2.45, 2.75) is 29.4 Å². The van der Waals surface area contributed by atoms with Gasteiger partial charge in [-0.15, -0.1) is 0 Å². The first-order valence-corrected chi connectivity index (χ1v) is 8.62. The van der Waals surface area contributed by atoms with Crippen molar-refractivity contribution in [3.05, 3.63) is 24.0 Å². The highest BCUT2D eigenvalue weighted by Crippen LogP contribution is 2.24. The summed E-state index contributed by atoms with van der Waals surface area (Å²) >= 11 is 1.82. The van der Waals surface area contributed by atoms with Crippen LogP contribution in [-0.2, 0) is 10.0 Å². The first-order valence-electron chi connectivity index (χ1n) is 6.09. The zero-order valence-electron chi connectivity index (χ0n) is 10.4. The number of thioether (sulfide) groups is 1. The third-order valence-electron chi connectivity index (χ3n) is 2.94. The maximum absolute atomic E-state index is 12.0. The highest BCUT2D eigenvalue weighted by Gasteiger charge is 2.19. The predicted octanol–water partition coefficient (Wildman–Crippen LogP) is 1.52. The minimum atomic E-state index is -3.52. The summed E-state index contributed by atoms with van der Waals surface area (Å²) in [6, 6.07) is 4.67. The molecule has 0 amide bonds. The van der Waals surface area contributed by atoms with E-state index in [1.165, 1.54) is 24.8 Å². The maximum atomic E-state index is 12.0. The molecule has 5 nitrogen and oxygen atoms in total. The molecular formula is C12H15N3O2S2. The van der Waals surface area contributed by atoms with Gasteiger partial charge in [-0.1, -0.05) is 6.42 Å². The second kappa shape index (κ2) is 6.37. The lowest BCUT2D eigenvalue weighted by Crippen LogP contribution is -2.32. The smallest absolute Gasteiger partial charge is 0.242 e.